The van der Waals surface area contributed by atoms with Crippen LogP contribution < -0.4 is 5.73 Å². The van der Waals surface area contributed by atoms with E-state index in [0.717, 1.165) is 12.1 Å². The molecule has 104 valence electrons. The van der Waals surface area contributed by atoms with Crippen LogP contribution in [0, 0.1) is 0 Å². The Bertz CT molecular complexity index is 482. The molecule has 0 aliphatic carbocycles. The van der Waals surface area contributed by atoms with Crippen molar-refractivity contribution in [2.24, 2.45) is 10.9 Å². The Hall–Kier alpha value is -1.01. The number of rotatable bonds is 3. The van der Waals surface area contributed by atoms with E-state index in [1.165, 1.54) is 0 Å². The molecule has 1 heterocycles. The molecule has 3 N–H and O–H groups in total. The Morgan fingerprint density at radius 3 is 3.05 bits per heavy atom. The minimum absolute atomic E-state index is 0.0851. The molecule has 0 spiro atoms. The molecule has 0 aromatic heterocycles. The lowest BCUT2D eigenvalue weighted by molar-refractivity contribution is 0.00142. The molecule has 5 nitrogen and oxygen atoms in total. The average molecular weight is 304 g/mol. The van der Waals surface area contributed by atoms with Gasteiger partial charge in [-0.3, -0.25) is 4.90 Å². The van der Waals surface area contributed by atoms with Gasteiger partial charge in [0.05, 0.1) is 6.61 Å². The van der Waals surface area contributed by atoms with E-state index < -0.39 is 6.10 Å². The first kappa shape index (κ1) is 14.4. The van der Waals surface area contributed by atoms with Gasteiger partial charge in [0.15, 0.2) is 5.84 Å². The fourth-order valence-electron chi connectivity index (χ4n) is 1.99. The van der Waals surface area contributed by atoms with E-state index in [1.54, 1.807) is 12.1 Å². The third kappa shape index (κ3) is 3.73. The third-order valence-corrected chi connectivity index (χ3v) is 3.60. The van der Waals surface area contributed by atoms with Gasteiger partial charge in [-0.1, -0.05) is 28.4 Å². The summed E-state index contributed by atoms with van der Waals surface area (Å²) in [6, 6.07) is 5.38. The van der Waals surface area contributed by atoms with Crippen LogP contribution in [0.3, 0.4) is 0 Å². The Labute approximate surface area is 121 Å². The molecular weight excluding hydrogens is 289 g/mol. The molecule has 1 aromatic rings. The quantitative estimate of drug-likeness (QED) is 0.387. The van der Waals surface area contributed by atoms with Crippen LogP contribution in [-0.2, 0) is 11.3 Å². The van der Waals surface area contributed by atoms with E-state index >= 15 is 0 Å². The summed E-state index contributed by atoms with van der Waals surface area (Å²) >= 11 is 12.1. The Balaban J connectivity index is 2.04. The van der Waals surface area contributed by atoms with Crippen molar-refractivity contribution in [3.8, 4) is 0 Å². The minimum atomic E-state index is -0.392. The lowest BCUT2D eigenvalue weighted by atomic mass is 10.2. The summed E-state index contributed by atoms with van der Waals surface area (Å²) in [6.45, 7) is 2.49. The maximum absolute atomic E-state index is 8.67. The predicted molar refractivity (Wildman–Crippen MR) is 74.9 cm³/mol. The fraction of sp³-hybridized carbons (Fsp3) is 0.417. The van der Waals surface area contributed by atoms with Gasteiger partial charge in [-0.05, 0) is 23.8 Å². The molecule has 1 aromatic carbocycles. The predicted octanol–water partition coefficient (Wildman–Crippen LogP) is 1.94. The largest absolute Gasteiger partial charge is 0.409 e. The lowest BCUT2D eigenvalue weighted by Gasteiger charge is -2.32. The molecule has 1 saturated heterocycles. The van der Waals surface area contributed by atoms with Crippen LogP contribution in [0.25, 0.3) is 0 Å². The average Bonchev–Trinajstić information content (AvgIpc) is 2.42. The van der Waals surface area contributed by atoms with E-state index in [4.69, 9.17) is 38.9 Å². The molecule has 1 aliphatic heterocycles. The number of nitrogens with zero attached hydrogens (tertiary/aromatic N) is 2. The van der Waals surface area contributed by atoms with Crippen molar-refractivity contribution in [3.63, 3.8) is 0 Å². The molecular formula is C12H15Cl2N3O2. The number of hydrogen-bond donors (Lipinski definition) is 2. The van der Waals surface area contributed by atoms with Gasteiger partial charge < -0.3 is 15.7 Å². The van der Waals surface area contributed by atoms with Crippen LogP contribution in [0.1, 0.15) is 5.56 Å². The van der Waals surface area contributed by atoms with Gasteiger partial charge in [0.25, 0.3) is 0 Å². The van der Waals surface area contributed by atoms with Crippen molar-refractivity contribution in [3.05, 3.63) is 33.8 Å². The topological polar surface area (TPSA) is 71.1 Å². The highest BCUT2D eigenvalue weighted by molar-refractivity contribution is 6.33. The van der Waals surface area contributed by atoms with Crippen molar-refractivity contribution in [1.29, 1.82) is 0 Å². The molecule has 0 radical (unpaired) electrons. The second kappa shape index (κ2) is 6.43. The van der Waals surface area contributed by atoms with Gasteiger partial charge in [-0.25, -0.2) is 0 Å². The fourth-order valence-corrected chi connectivity index (χ4v) is 2.37. The highest BCUT2D eigenvalue weighted by Gasteiger charge is 2.24. The van der Waals surface area contributed by atoms with Gasteiger partial charge in [-0.15, -0.1) is 0 Å². The molecule has 7 heteroatoms. The third-order valence-electron chi connectivity index (χ3n) is 3.00. The normalized spacial score (nSPS) is 21.6. The molecule has 0 saturated carbocycles. The molecule has 19 heavy (non-hydrogen) atoms. The summed E-state index contributed by atoms with van der Waals surface area (Å²) in [7, 11) is 0. The van der Waals surface area contributed by atoms with Crippen LogP contribution in [0.4, 0.5) is 0 Å². The highest BCUT2D eigenvalue weighted by Crippen LogP contribution is 2.22. The first-order chi connectivity index (χ1) is 9.10. The van der Waals surface area contributed by atoms with Crippen molar-refractivity contribution >= 4 is 29.0 Å². The Morgan fingerprint density at radius 2 is 2.32 bits per heavy atom. The summed E-state index contributed by atoms with van der Waals surface area (Å²) in [5, 5.41) is 13.0. The summed E-state index contributed by atoms with van der Waals surface area (Å²) in [4.78, 5) is 2.13. The van der Waals surface area contributed by atoms with Crippen LogP contribution >= 0.6 is 23.2 Å². The summed E-state index contributed by atoms with van der Waals surface area (Å²) < 4.78 is 5.44. The second-order valence-corrected chi connectivity index (χ2v) is 5.20. The van der Waals surface area contributed by atoms with Crippen LogP contribution in [0.5, 0.6) is 0 Å². The van der Waals surface area contributed by atoms with Crippen molar-refractivity contribution in [2.45, 2.75) is 12.6 Å². The van der Waals surface area contributed by atoms with Crippen molar-refractivity contribution < 1.29 is 9.94 Å². The van der Waals surface area contributed by atoms with Gasteiger partial charge in [0, 0.05) is 29.7 Å². The smallest absolute Gasteiger partial charge is 0.169 e. The first-order valence-electron chi connectivity index (χ1n) is 5.85. The standard InChI is InChI=1S/C12H15Cl2N3O2/c13-9-1-2-10(14)8(5-9)6-17-3-4-19-11(7-17)12(15)16-18/h1-2,5,11,18H,3-4,6-7H2,(H2,15,16). The van der Waals surface area contributed by atoms with Gasteiger partial charge >= 0.3 is 0 Å². The number of ether oxygens (including phenoxy) is 1. The molecule has 1 unspecified atom stereocenters. The summed E-state index contributed by atoms with van der Waals surface area (Å²) in [6.07, 6.45) is -0.392. The van der Waals surface area contributed by atoms with Crippen molar-refractivity contribution in [2.75, 3.05) is 19.7 Å². The number of oxime groups is 1. The van der Waals surface area contributed by atoms with E-state index in [0.29, 0.717) is 29.7 Å². The van der Waals surface area contributed by atoms with Crippen LogP contribution in [0.15, 0.2) is 23.4 Å². The zero-order valence-electron chi connectivity index (χ0n) is 10.2. The SMILES string of the molecule is NC(=NO)C1CN(Cc2cc(Cl)ccc2Cl)CCO1. The molecule has 0 bridgehead atoms. The summed E-state index contributed by atoms with van der Waals surface area (Å²) in [5.74, 6) is 0.0851. The second-order valence-electron chi connectivity index (χ2n) is 4.36. The van der Waals surface area contributed by atoms with Gasteiger partial charge in [-0.2, -0.15) is 0 Å². The molecule has 1 atom stereocenters. The maximum Gasteiger partial charge on any atom is 0.169 e. The van der Waals surface area contributed by atoms with Gasteiger partial charge in [0.2, 0.25) is 0 Å². The monoisotopic (exact) mass is 303 g/mol. The summed E-state index contributed by atoms with van der Waals surface area (Å²) in [5.41, 5.74) is 6.51. The maximum atomic E-state index is 8.67. The Kier molecular flexibility index (Phi) is 4.87. The molecule has 2 rings (SSSR count). The van der Waals surface area contributed by atoms with Crippen molar-refractivity contribution in [1.82, 2.24) is 4.90 Å². The zero-order valence-corrected chi connectivity index (χ0v) is 11.7. The zero-order chi connectivity index (χ0) is 13.8. The number of hydrogen-bond acceptors (Lipinski definition) is 4. The number of amidine groups is 1. The van der Waals surface area contributed by atoms with Gasteiger partial charge in [0.1, 0.15) is 6.10 Å². The number of halogens is 2. The number of benzene rings is 1. The molecule has 1 aliphatic rings. The number of nitrogens with two attached hydrogens (primary N) is 1. The lowest BCUT2D eigenvalue weighted by Crippen LogP contribution is -2.48. The van der Waals surface area contributed by atoms with Crippen LogP contribution in [-0.4, -0.2) is 41.7 Å². The Morgan fingerprint density at radius 1 is 1.53 bits per heavy atom. The van der Waals surface area contributed by atoms with E-state index in [-0.39, 0.29) is 5.84 Å². The number of morpholine rings is 1. The molecule has 1 fully saturated rings. The minimum Gasteiger partial charge on any atom is -0.409 e. The van der Waals surface area contributed by atoms with Crippen LogP contribution in [0.2, 0.25) is 10.0 Å². The van der Waals surface area contributed by atoms with E-state index in [1.807, 2.05) is 6.07 Å². The van der Waals surface area contributed by atoms with E-state index in [9.17, 15) is 0 Å². The van der Waals surface area contributed by atoms with E-state index in [2.05, 4.69) is 10.1 Å². The molecule has 0 amide bonds. The highest BCUT2D eigenvalue weighted by atomic mass is 35.5. The first-order valence-corrected chi connectivity index (χ1v) is 6.61.